The van der Waals surface area contributed by atoms with Crippen molar-refractivity contribution < 1.29 is 26.3 Å². The van der Waals surface area contributed by atoms with Crippen LogP contribution < -0.4 is 15.4 Å². The van der Waals surface area contributed by atoms with E-state index in [1.54, 1.807) is 7.05 Å². The van der Waals surface area contributed by atoms with E-state index in [2.05, 4.69) is 15.6 Å². The van der Waals surface area contributed by atoms with E-state index in [4.69, 9.17) is 4.74 Å². The Kier molecular flexibility index (Phi) is 9.95. The van der Waals surface area contributed by atoms with Crippen LogP contribution in [0.5, 0.6) is 5.75 Å². The van der Waals surface area contributed by atoms with Crippen molar-refractivity contribution in [1.29, 1.82) is 0 Å². The fourth-order valence-corrected chi connectivity index (χ4v) is 3.77. The summed E-state index contributed by atoms with van der Waals surface area (Å²) in [6.45, 7) is 1.98. The lowest BCUT2D eigenvalue weighted by Crippen LogP contribution is -2.52. The van der Waals surface area contributed by atoms with Crippen LogP contribution in [0.15, 0.2) is 35.3 Å². The third-order valence-electron chi connectivity index (χ3n) is 4.29. The van der Waals surface area contributed by atoms with Gasteiger partial charge in [-0.05, 0) is 31.9 Å². The van der Waals surface area contributed by atoms with E-state index < -0.39 is 15.5 Å². The largest absolute Gasteiger partial charge is 0.511 e. The molecule has 0 spiro atoms. The van der Waals surface area contributed by atoms with Crippen molar-refractivity contribution in [1.82, 2.24) is 14.9 Å². The Labute approximate surface area is 186 Å². The van der Waals surface area contributed by atoms with E-state index in [1.807, 2.05) is 37.3 Å². The Balaban J connectivity index is 0.00000420. The first-order valence-corrected chi connectivity index (χ1v) is 10.3. The second kappa shape index (κ2) is 11.2. The Hall–Kier alpha value is -1.28. The number of nitrogens with one attached hydrogen (secondary N) is 2. The maximum absolute atomic E-state index is 12.6. The molecule has 0 saturated carbocycles. The number of ether oxygens (including phenoxy) is 1. The molecule has 0 bridgehead atoms. The second-order valence-corrected chi connectivity index (χ2v) is 8.39. The lowest BCUT2D eigenvalue weighted by molar-refractivity contribution is -0.0494. The first kappa shape index (κ1) is 25.8. The number of hydrogen-bond acceptors (Lipinski definition) is 4. The highest BCUT2D eigenvalue weighted by atomic mass is 127. The molecule has 1 saturated heterocycles. The molecular weight excluding hydrogens is 524 g/mol. The van der Waals surface area contributed by atoms with Crippen LogP contribution in [0.3, 0.4) is 0 Å². The quantitative estimate of drug-likeness (QED) is 0.324. The number of nitrogens with zero attached hydrogens (tertiary/aromatic N) is 2. The molecule has 1 aliphatic heterocycles. The normalized spacial score (nSPS) is 17.9. The van der Waals surface area contributed by atoms with Crippen LogP contribution >= 0.6 is 24.0 Å². The molecule has 1 aromatic rings. The van der Waals surface area contributed by atoms with Crippen molar-refractivity contribution in [2.45, 2.75) is 37.4 Å². The summed E-state index contributed by atoms with van der Waals surface area (Å²) in [4.78, 5) is 4.10. The molecule has 1 aliphatic rings. The number of benzene rings is 1. The predicted molar refractivity (Wildman–Crippen MR) is 116 cm³/mol. The number of rotatable bonds is 6. The minimum absolute atomic E-state index is 0. The van der Waals surface area contributed by atoms with Crippen molar-refractivity contribution in [2.75, 3.05) is 26.7 Å². The molecule has 0 aliphatic carbocycles. The first-order chi connectivity index (χ1) is 13.1. The molecule has 2 rings (SSSR count). The Morgan fingerprint density at radius 3 is 2.38 bits per heavy atom. The van der Waals surface area contributed by atoms with Gasteiger partial charge in [-0.15, -0.1) is 24.0 Å². The first-order valence-electron chi connectivity index (χ1n) is 8.89. The summed E-state index contributed by atoms with van der Waals surface area (Å²) in [6.07, 6.45) is 0.373. The number of guanidine groups is 1. The average Bonchev–Trinajstić information content (AvgIpc) is 2.65. The maximum Gasteiger partial charge on any atom is 0.511 e. The van der Waals surface area contributed by atoms with Gasteiger partial charge < -0.3 is 15.4 Å². The Morgan fingerprint density at radius 1 is 1.28 bits per heavy atom. The highest BCUT2D eigenvalue weighted by molar-refractivity contribution is 14.0. The molecule has 166 valence electrons. The Bertz CT molecular complexity index is 755. The summed E-state index contributed by atoms with van der Waals surface area (Å²) in [6, 6.07) is 9.19. The van der Waals surface area contributed by atoms with Crippen molar-refractivity contribution >= 4 is 40.0 Å². The second-order valence-electron chi connectivity index (χ2n) is 6.46. The number of aliphatic imine (C=N–C) groups is 1. The molecular formula is C17H26F3IN4O3S. The van der Waals surface area contributed by atoms with E-state index in [1.165, 1.54) is 0 Å². The monoisotopic (exact) mass is 550 g/mol. The topological polar surface area (TPSA) is 83.0 Å². The summed E-state index contributed by atoms with van der Waals surface area (Å²) in [5.74, 6) is 1.23. The average molecular weight is 550 g/mol. The molecule has 0 aromatic heterocycles. The van der Waals surface area contributed by atoms with Gasteiger partial charge in [0.2, 0.25) is 0 Å². The van der Waals surface area contributed by atoms with Crippen LogP contribution in [0.25, 0.3) is 0 Å². The van der Waals surface area contributed by atoms with Gasteiger partial charge in [0.1, 0.15) is 11.9 Å². The maximum atomic E-state index is 12.6. The minimum Gasteiger partial charge on any atom is -0.489 e. The lowest BCUT2D eigenvalue weighted by atomic mass is 10.1. The number of para-hydroxylation sites is 1. The van der Waals surface area contributed by atoms with E-state index in [0.29, 0.717) is 16.8 Å². The van der Waals surface area contributed by atoms with Crippen LogP contribution in [-0.4, -0.2) is 63.0 Å². The molecule has 1 heterocycles. The van der Waals surface area contributed by atoms with Gasteiger partial charge in [0.05, 0.1) is 6.54 Å². The van der Waals surface area contributed by atoms with Gasteiger partial charge in [0, 0.05) is 26.2 Å². The van der Waals surface area contributed by atoms with Gasteiger partial charge in [0.15, 0.2) is 5.96 Å². The van der Waals surface area contributed by atoms with Gasteiger partial charge in [-0.3, -0.25) is 4.99 Å². The van der Waals surface area contributed by atoms with Crippen molar-refractivity contribution in [3.63, 3.8) is 0 Å². The van der Waals surface area contributed by atoms with Crippen LogP contribution in [-0.2, 0) is 10.0 Å². The number of piperidine rings is 1. The summed E-state index contributed by atoms with van der Waals surface area (Å²) < 4.78 is 67.0. The zero-order valence-corrected chi connectivity index (χ0v) is 19.3. The number of hydrogen-bond donors (Lipinski definition) is 2. The van der Waals surface area contributed by atoms with Crippen LogP contribution in [0.4, 0.5) is 13.2 Å². The van der Waals surface area contributed by atoms with E-state index in [9.17, 15) is 21.6 Å². The van der Waals surface area contributed by atoms with Crippen LogP contribution in [0.2, 0.25) is 0 Å². The third kappa shape index (κ3) is 7.48. The fraction of sp³-hybridized carbons (Fsp3) is 0.588. The molecule has 0 radical (unpaired) electrons. The van der Waals surface area contributed by atoms with Gasteiger partial charge in [-0.1, -0.05) is 18.2 Å². The van der Waals surface area contributed by atoms with E-state index >= 15 is 0 Å². The highest BCUT2D eigenvalue weighted by Gasteiger charge is 2.50. The van der Waals surface area contributed by atoms with Gasteiger partial charge in [-0.2, -0.15) is 17.5 Å². The summed E-state index contributed by atoms with van der Waals surface area (Å²) in [5, 5.41) is 6.22. The molecule has 7 nitrogen and oxygen atoms in total. The Morgan fingerprint density at radius 2 is 1.86 bits per heavy atom. The van der Waals surface area contributed by atoms with Gasteiger partial charge >= 0.3 is 15.5 Å². The fourth-order valence-electron chi connectivity index (χ4n) is 2.79. The SMILES string of the molecule is CN=C(NCC(C)Oc1ccccc1)NC1CCN(S(=O)(=O)C(F)(F)F)CC1.I. The van der Waals surface area contributed by atoms with Gasteiger partial charge in [0.25, 0.3) is 0 Å². The standard InChI is InChI=1S/C17H25F3N4O3S.HI/c1-13(27-15-6-4-3-5-7-15)12-22-16(21-2)23-14-8-10-24(11-9-14)28(25,26)17(18,19)20;/h3-7,13-14H,8-12H2,1-2H3,(H2,21,22,23);1H. The smallest absolute Gasteiger partial charge is 0.489 e. The van der Waals surface area contributed by atoms with Crippen LogP contribution in [0, 0.1) is 0 Å². The molecule has 1 atom stereocenters. The number of halogens is 4. The lowest BCUT2D eigenvalue weighted by Gasteiger charge is -2.32. The third-order valence-corrected chi connectivity index (χ3v) is 5.92. The molecule has 1 unspecified atom stereocenters. The number of sulfonamides is 1. The summed E-state index contributed by atoms with van der Waals surface area (Å²) >= 11 is 0. The molecule has 29 heavy (non-hydrogen) atoms. The van der Waals surface area contributed by atoms with E-state index in [0.717, 1.165) is 5.75 Å². The molecule has 12 heteroatoms. The minimum atomic E-state index is -5.27. The number of alkyl halides is 3. The van der Waals surface area contributed by atoms with Crippen LogP contribution in [0.1, 0.15) is 19.8 Å². The van der Waals surface area contributed by atoms with Crippen molar-refractivity contribution in [3.8, 4) is 5.75 Å². The molecule has 1 aromatic carbocycles. The predicted octanol–water partition coefficient (Wildman–Crippen LogP) is 2.55. The van der Waals surface area contributed by atoms with Crippen molar-refractivity contribution in [2.24, 2.45) is 4.99 Å². The highest BCUT2D eigenvalue weighted by Crippen LogP contribution is 2.28. The summed E-state index contributed by atoms with van der Waals surface area (Å²) in [5.41, 5.74) is -5.26. The zero-order chi connectivity index (χ0) is 20.8. The van der Waals surface area contributed by atoms with Crippen molar-refractivity contribution in [3.05, 3.63) is 30.3 Å². The molecule has 0 amide bonds. The van der Waals surface area contributed by atoms with Gasteiger partial charge in [-0.25, -0.2) is 8.42 Å². The zero-order valence-electron chi connectivity index (χ0n) is 16.1. The van der Waals surface area contributed by atoms with E-state index in [-0.39, 0.29) is 62.1 Å². The molecule has 2 N–H and O–H groups in total. The molecule has 1 fully saturated rings. The summed E-state index contributed by atoms with van der Waals surface area (Å²) in [7, 11) is -3.68.